The van der Waals surface area contributed by atoms with Gasteiger partial charge >= 0.3 is 0 Å². The molecule has 0 aliphatic carbocycles. The fourth-order valence-corrected chi connectivity index (χ4v) is 1.06. The maximum atomic E-state index is 9.24. The Balaban J connectivity index is 3.14. The van der Waals surface area contributed by atoms with Crippen LogP contribution in [0.15, 0.2) is 43.5 Å². The Labute approximate surface area is 78.3 Å². The summed E-state index contributed by atoms with van der Waals surface area (Å²) in [6, 6.07) is 5.16. The van der Waals surface area contributed by atoms with Gasteiger partial charge in [0, 0.05) is 0 Å². The highest BCUT2D eigenvalue weighted by Gasteiger charge is 1.95. The zero-order chi connectivity index (χ0) is 9.68. The Hall–Kier alpha value is -1.76. The molecule has 0 spiro atoms. The third-order valence-electron chi connectivity index (χ3n) is 1.70. The Morgan fingerprint density at radius 1 is 1.15 bits per heavy atom. The molecular formula is C12H12O. The van der Waals surface area contributed by atoms with Crippen LogP contribution in [0.3, 0.4) is 0 Å². The molecule has 0 bridgehead atoms. The van der Waals surface area contributed by atoms with Gasteiger partial charge < -0.3 is 5.11 Å². The van der Waals surface area contributed by atoms with Crippen LogP contribution in [0.2, 0.25) is 0 Å². The van der Waals surface area contributed by atoms with Crippen LogP contribution in [0, 0.1) is 0 Å². The molecule has 0 radical (unpaired) electrons. The molecule has 66 valence electrons. The zero-order valence-electron chi connectivity index (χ0n) is 7.40. The van der Waals surface area contributed by atoms with E-state index in [1.165, 1.54) is 0 Å². The highest BCUT2D eigenvalue weighted by atomic mass is 16.3. The maximum Gasteiger partial charge on any atom is 0.116 e. The summed E-state index contributed by atoms with van der Waals surface area (Å²) in [6.45, 7) is 7.27. The van der Waals surface area contributed by atoms with E-state index in [1.54, 1.807) is 24.3 Å². The van der Waals surface area contributed by atoms with Crippen LogP contribution in [0.1, 0.15) is 11.1 Å². The molecule has 0 atom stereocenters. The first-order chi connectivity index (χ1) is 6.27. The maximum absolute atomic E-state index is 9.24. The minimum Gasteiger partial charge on any atom is -0.508 e. The van der Waals surface area contributed by atoms with Crippen LogP contribution in [0.5, 0.6) is 5.75 Å². The van der Waals surface area contributed by atoms with Gasteiger partial charge in [-0.25, -0.2) is 0 Å². The third kappa shape index (κ3) is 2.34. The van der Waals surface area contributed by atoms with Gasteiger partial charge in [0.25, 0.3) is 0 Å². The monoisotopic (exact) mass is 172 g/mol. The number of rotatable bonds is 3. The highest BCUT2D eigenvalue weighted by molar-refractivity contribution is 5.66. The van der Waals surface area contributed by atoms with Crippen molar-refractivity contribution in [2.45, 2.75) is 0 Å². The first-order valence-corrected chi connectivity index (χ1v) is 4.02. The number of hydrogen-bond acceptors (Lipinski definition) is 1. The van der Waals surface area contributed by atoms with Crippen LogP contribution < -0.4 is 0 Å². The van der Waals surface area contributed by atoms with E-state index in [1.807, 2.05) is 18.2 Å². The molecular weight excluding hydrogens is 160 g/mol. The standard InChI is InChI=1S/C12H12O/c1-3-5-6-11-9-12(13)8-7-10(11)4-2/h3-9,13H,1-2H2/b6-5-. The number of hydrogen-bond donors (Lipinski definition) is 1. The van der Waals surface area contributed by atoms with Crippen molar-refractivity contribution >= 4 is 12.2 Å². The molecule has 0 fully saturated rings. The molecule has 1 heteroatoms. The average molecular weight is 172 g/mol. The van der Waals surface area contributed by atoms with Crippen molar-refractivity contribution in [3.05, 3.63) is 54.6 Å². The summed E-state index contributed by atoms with van der Waals surface area (Å²) < 4.78 is 0. The number of aromatic hydroxyl groups is 1. The van der Waals surface area contributed by atoms with Crippen molar-refractivity contribution in [3.8, 4) is 5.75 Å². The summed E-state index contributed by atoms with van der Waals surface area (Å²) in [4.78, 5) is 0. The largest absolute Gasteiger partial charge is 0.508 e. The lowest BCUT2D eigenvalue weighted by atomic mass is 10.1. The summed E-state index contributed by atoms with van der Waals surface area (Å²) in [6.07, 6.45) is 7.14. The molecule has 0 saturated heterocycles. The Morgan fingerprint density at radius 3 is 2.54 bits per heavy atom. The molecule has 0 unspecified atom stereocenters. The second-order valence-electron chi connectivity index (χ2n) is 2.61. The van der Waals surface area contributed by atoms with E-state index in [4.69, 9.17) is 0 Å². The van der Waals surface area contributed by atoms with E-state index in [9.17, 15) is 5.11 Å². The van der Waals surface area contributed by atoms with Crippen molar-refractivity contribution in [1.82, 2.24) is 0 Å². The van der Waals surface area contributed by atoms with Gasteiger partial charge in [-0.05, 0) is 23.3 Å². The molecule has 0 saturated carbocycles. The Kier molecular flexibility index (Phi) is 3.09. The molecule has 1 N–H and O–H groups in total. The van der Waals surface area contributed by atoms with Crippen molar-refractivity contribution in [2.24, 2.45) is 0 Å². The number of allylic oxidation sites excluding steroid dienone is 2. The van der Waals surface area contributed by atoms with Crippen molar-refractivity contribution in [3.63, 3.8) is 0 Å². The van der Waals surface area contributed by atoms with Gasteiger partial charge in [-0.3, -0.25) is 0 Å². The van der Waals surface area contributed by atoms with Crippen molar-refractivity contribution in [1.29, 1.82) is 0 Å². The molecule has 0 amide bonds. The number of phenolic OH excluding ortho intramolecular Hbond substituents is 1. The molecule has 1 aromatic rings. The molecule has 0 aliphatic rings. The lowest BCUT2D eigenvalue weighted by molar-refractivity contribution is 0.475. The average Bonchev–Trinajstić information content (AvgIpc) is 2.15. The molecule has 1 nitrogen and oxygen atoms in total. The molecule has 1 aromatic carbocycles. The second-order valence-corrected chi connectivity index (χ2v) is 2.61. The number of benzene rings is 1. The normalized spacial score (nSPS) is 10.2. The smallest absolute Gasteiger partial charge is 0.116 e. The topological polar surface area (TPSA) is 20.2 Å². The van der Waals surface area contributed by atoms with E-state index in [-0.39, 0.29) is 5.75 Å². The summed E-state index contributed by atoms with van der Waals surface area (Å²) in [5, 5.41) is 9.24. The molecule has 0 aromatic heterocycles. The van der Waals surface area contributed by atoms with Gasteiger partial charge in [-0.1, -0.05) is 43.5 Å². The van der Waals surface area contributed by atoms with E-state index in [2.05, 4.69) is 13.2 Å². The first kappa shape index (κ1) is 9.33. The van der Waals surface area contributed by atoms with E-state index in [0.717, 1.165) is 11.1 Å². The van der Waals surface area contributed by atoms with E-state index >= 15 is 0 Å². The summed E-state index contributed by atoms with van der Waals surface area (Å²) >= 11 is 0. The van der Waals surface area contributed by atoms with Crippen LogP contribution in [-0.2, 0) is 0 Å². The third-order valence-corrected chi connectivity index (χ3v) is 1.70. The molecule has 0 aliphatic heterocycles. The lowest BCUT2D eigenvalue weighted by Gasteiger charge is -2.00. The van der Waals surface area contributed by atoms with Gasteiger partial charge in [0.15, 0.2) is 0 Å². The predicted molar refractivity (Wildman–Crippen MR) is 57.4 cm³/mol. The lowest BCUT2D eigenvalue weighted by Crippen LogP contribution is -1.78. The van der Waals surface area contributed by atoms with Crippen LogP contribution >= 0.6 is 0 Å². The SMILES string of the molecule is C=C/C=C\c1cc(O)ccc1C=C. The van der Waals surface area contributed by atoms with Crippen LogP contribution in [-0.4, -0.2) is 5.11 Å². The fourth-order valence-electron chi connectivity index (χ4n) is 1.06. The number of phenols is 1. The van der Waals surface area contributed by atoms with Gasteiger partial charge in [-0.2, -0.15) is 0 Å². The van der Waals surface area contributed by atoms with E-state index < -0.39 is 0 Å². The minimum atomic E-state index is 0.259. The highest BCUT2D eigenvalue weighted by Crippen LogP contribution is 2.18. The zero-order valence-corrected chi connectivity index (χ0v) is 7.40. The summed E-state index contributed by atoms with van der Waals surface area (Å²) in [5.41, 5.74) is 1.94. The van der Waals surface area contributed by atoms with E-state index in [0.29, 0.717) is 0 Å². The minimum absolute atomic E-state index is 0.259. The molecule has 13 heavy (non-hydrogen) atoms. The Bertz CT molecular complexity index is 348. The Morgan fingerprint density at radius 2 is 1.92 bits per heavy atom. The van der Waals surface area contributed by atoms with Gasteiger partial charge in [0.05, 0.1) is 0 Å². The molecule has 1 rings (SSSR count). The summed E-state index contributed by atoms with van der Waals surface area (Å²) in [7, 11) is 0. The van der Waals surface area contributed by atoms with Crippen molar-refractivity contribution < 1.29 is 5.11 Å². The van der Waals surface area contributed by atoms with Crippen LogP contribution in [0.4, 0.5) is 0 Å². The van der Waals surface area contributed by atoms with Gasteiger partial charge in [0.1, 0.15) is 5.75 Å². The molecule has 0 heterocycles. The quantitative estimate of drug-likeness (QED) is 0.694. The predicted octanol–water partition coefficient (Wildman–Crippen LogP) is 3.23. The second kappa shape index (κ2) is 4.31. The summed E-state index contributed by atoms with van der Waals surface area (Å²) in [5.74, 6) is 0.259. The van der Waals surface area contributed by atoms with Gasteiger partial charge in [-0.15, -0.1) is 0 Å². The van der Waals surface area contributed by atoms with Gasteiger partial charge in [0.2, 0.25) is 0 Å². The van der Waals surface area contributed by atoms with Crippen molar-refractivity contribution in [2.75, 3.05) is 0 Å². The first-order valence-electron chi connectivity index (χ1n) is 4.02. The fraction of sp³-hybridized carbons (Fsp3) is 0. The van der Waals surface area contributed by atoms with Crippen LogP contribution in [0.25, 0.3) is 12.2 Å².